The number of nitrogens with two attached hydrogens (primary N) is 1. The van der Waals surface area contributed by atoms with Crippen LogP contribution < -0.4 is 5.73 Å². The summed E-state index contributed by atoms with van der Waals surface area (Å²) in [5, 5.41) is 7.60. The Bertz CT molecular complexity index is 449. The van der Waals surface area contributed by atoms with Crippen LogP contribution >= 0.6 is 0 Å². The Morgan fingerprint density at radius 3 is 1.48 bits per heavy atom. The Labute approximate surface area is 191 Å². The number of unbranched alkanes of at least 4 members (excludes halogenated alkanes) is 15. The van der Waals surface area contributed by atoms with E-state index < -0.39 is 5.97 Å². The van der Waals surface area contributed by atoms with Gasteiger partial charge in [-0.25, -0.2) is 9.59 Å². The second kappa shape index (κ2) is 26.4. The highest BCUT2D eigenvalue weighted by Gasteiger charge is 2.06. The Morgan fingerprint density at radius 2 is 1.16 bits per heavy atom. The molecule has 0 aromatic rings. The van der Waals surface area contributed by atoms with E-state index in [9.17, 15) is 9.59 Å². The van der Waals surface area contributed by atoms with Crippen LogP contribution in [0.25, 0.3) is 0 Å². The zero-order chi connectivity index (χ0) is 23.6. The van der Waals surface area contributed by atoms with E-state index in [4.69, 9.17) is 15.6 Å². The highest BCUT2D eigenvalue weighted by Crippen LogP contribution is 2.13. The zero-order valence-electron chi connectivity index (χ0n) is 20.2. The molecule has 0 aliphatic rings. The molecule has 31 heavy (non-hydrogen) atoms. The average Bonchev–Trinajstić information content (AvgIpc) is 2.76. The quantitative estimate of drug-likeness (QED) is 0.115. The van der Waals surface area contributed by atoms with Crippen LogP contribution in [0.15, 0.2) is 24.8 Å². The predicted molar refractivity (Wildman–Crippen MR) is 131 cm³/mol. The van der Waals surface area contributed by atoms with Gasteiger partial charge in [-0.1, -0.05) is 116 Å². The van der Waals surface area contributed by atoms with Crippen molar-refractivity contribution in [2.45, 2.75) is 116 Å². The average molecular weight is 440 g/mol. The Balaban J connectivity index is 0. The maximum absolute atomic E-state index is 11.5. The number of carbonyl (C=O) groups excluding carboxylic acids is 1. The van der Waals surface area contributed by atoms with Crippen LogP contribution in [0, 0.1) is 0 Å². The number of hydrogen-bond acceptors (Lipinski definition) is 4. The molecule has 0 atom stereocenters. The van der Waals surface area contributed by atoms with E-state index in [1.165, 1.54) is 89.9 Å². The molecule has 3 N–H and O–H groups in total. The molecular weight excluding hydrogens is 390 g/mol. The van der Waals surface area contributed by atoms with Crippen molar-refractivity contribution >= 4 is 11.9 Å². The lowest BCUT2D eigenvalue weighted by Gasteiger charge is -2.06. The van der Waals surface area contributed by atoms with Crippen LogP contribution in [0.3, 0.4) is 0 Å². The minimum Gasteiger partial charge on any atom is -0.478 e. The van der Waals surface area contributed by atoms with E-state index in [1.54, 1.807) is 0 Å². The molecule has 182 valence electrons. The predicted octanol–water partition coefficient (Wildman–Crippen LogP) is 6.95. The van der Waals surface area contributed by atoms with Crippen molar-refractivity contribution in [1.29, 1.82) is 0 Å². The summed E-state index contributed by atoms with van der Waals surface area (Å²) in [5.41, 5.74) is 5.88. The van der Waals surface area contributed by atoms with Gasteiger partial charge in [-0.15, -0.1) is 0 Å². The van der Waals surface area contributed by atoms with Gasteiger partial charge in [0, 0.05) is 11.6 Å². The van der Waals surface area contributed by atoms with Crippen molar-refractivity contribution in [1.82, 2.24) is 0 Å². The number of rotatable bonds is 21. The summed E-state index contributed by atoms with van der Waals surface area (Å²) in [4.78, 5) is 20.8. The maximum atomic E-state index is 11.5. The summed E-state index contributed by atoms with van der Waals surface area (Å²) in [6.45, 7) is 9.89. The van der Waals surface area contributed by atoms with Gasteiger partial charge in [0.15, 0.2) is 0 Å². The van der Waals surface area contributed by atoms with E-state index in [2.05, 4.69) is 20.1 Å². The summed E-state index contributed by atoms with van der Waals surface area (Å²) in [6.07, 6.45) is 22.9. The van der Waals surface area contributed by atoms with Crippen molar-refractivity contribution in [3.05, 3.63) is 24.8 Å². The summed E-state index contributed by atoms with van der Waals surface area (Å²) in [5.74, 6) is -1.26. The number of carboxylic acids is 1. The molecule has 0 fully saturated rings. The largest absolute Gasteiger partial charge is 0.478 e. The molecule has 0 aliphatic carbocycles. The Hall–Kier alpha value is -1.62. The first kappa shape index (κ1) is 31.6. The molecule has 5 heteroatoms. The highest BCUT2D eigenvalue weighted by atomic mass is 16.5. The van der Waals surface area contributed by atoms with E-state index >= 15 is 0 Å². The SMILES string of the molecule is C=C(CCN)C(=O)OCCCCCCCCCCCCCCCCCC.C=CC(=O)O. The molecule has 5 nitrogen and oxygen atoms in total. The van der Waals surface area contributed by atoms with Crippen molar-refractivity contribution in [2.24, 2.45) is 5.73 Å². The van der Waals surface area contributed by atoms with Crippen LogP contribution in [0.1, 0.15) is 116 Å². The first-order valence-corrected chi connectivity index (χ1v) is 12.4. The second-order valence-electron chi connectivity index (χ2n) is 8.12. The summed E-state index contributed by atoms with van der Waals surface area (Å²) < 4.78 is 5.18. The third-order valence-electron chi connectivity index (χ3n) is 5.14. The van der Waals surface area contributed by atoms with Crippen molar-refractivity contribution in [3.63, 3.8) is 0 Å². The van der Waals surface area contributed by atoms with Crippen molar-refractivity contribution < 1.29 is 19.4 Å². The molecule has 0 heterocycles. The molecule has 0 aromatic carbocycles. The Morgan fingerprint density at radius 1 is 0.806 bits per heavy atom. The molecule has 0 aromatic heterocycles. The summed E-state index contributed by atoms with van der Waals surface area (Å²) >= 11 is 0. The normalized spacial score (nSPS) is 10.1. The van der Waals surface area contributed by atoms with E-state index in [-0.39, 0.29) is 5.97 Å². The molecule has 0 amide bonds. The molecule has 0 radical (unpaired) electrons. The number of ether oxygens (including phenoxy) is 1. The van der Waals surface area contributed by atoms with E-state index in [0.29, 0.717) is 25.1 Å². The molecule has 0 saturated heterocycles. The van der Waals surface area contributed by atoms with Crippen LogP contribution in [-0.2, 0) is 14.3 Å². The first-order valence-electron chi connectivity index (χ1n) is 12.4. The minimum absolute atomic E-state index is 0.281. The topological polar surface area (TPSA) is 89.6 Å². The van der Waals surface area contributed by atoms with E-state index in [1.807, 2.05) is 0 Å². The molecule has 0 rings (SSSR count). The van der Waals surface area contributed by atoms with Crippen LogP contribution in [0.5, 0.6) is 0 Å². The number of hydrogen-bond donors (Lipinski definition) is 2. The highest BCUT2D eigenvalue weighted by molar-refractivity contribution is 5.87. The smallest absolute Gasteiger partial charge is 0.333 e. The zero-order valence-corrected chi connectivity index (χ0v) is 20.2. The fraction of sp³-hybridized carbons (Fsp3) is 0.769. The van der Waals surface area contributed by atoms with Gasteiger partial charge in [0.05, 0.1) is 6.61 Å². The standard InChI is InChI=1S/C23H45NO2.C3H4O2/c1-3-4-5-6-7-8-9-10-11-12-13-14-15-16-17-18-21-26-23(25)22(2)19-20-24;1-2-3(4)5/h2-21,24H2,1H3;2H,1H2,(H,4,5). The molecule has 0 spiro atoms. The van der Waals surface area contributed by atoms with Gasteiger partial charge in [0.2, 0.25) is 0 Å². The third-order valence-corrected chi connectivity index (χ3v) is 5.14. The molecular formula is C26H49NO4. The van der Waals surface area contributed by atoms with Gasteiger partial charge >= 0.3 is 11.9 Å². The van der Waals surface area contributed by atoms with Crippen LogP contribution in [0.2, 0.25) is 0 Å². The maximum Gasteiger partial charge on any atom is 0.333 e. The molecule has 0 unspecified atom stereocenters. The van der Waals surface area contributed by atoms with Gasteiger partial charge in [0.25, 0.3) is 0 Å². The number of carbonyl (C=O) groups is 2. The molecule has 0 saturated carbocycles. The van der Waals surface area contributed by atoms with E-state index in [0.717, 1.165) is 18.9 Å². The fourth-order valence-corrected chi connectivity index (χ4v) is 3.19. The van der Waals surface area contributed by atoms with Gasteiger partial charge in [0.1, 0.15) is 0 Å². The monoisotopic (exact) mass is 439 g/mol. The van der Waals surface area contributed by atoms with Gasteiger partial charge < -0.3 is 15.6 Å². The summed E-state index contributed by atoms with van der Waals surface area (Å²) in [6, 6.07) is 0. The van der Waals surface area contributed by atoms with Gasteiger partial charge in [-0.05, 0) is 19.4 Å². The summed E-state index contributed by atoms with van der Waals surface area (Å²) in [7, 11) is 0. The lowest BCUT2D eigenvalue weighted by molar-refractivity contribution is -0.139. The van der Waals surface area contributed by atoms with Gasteiger partial charge in [-0.2, -0.15) is 0 Å². The minimum atomic E-state index is -0.981. The number of esters is 1. The lowest BCUT2D eigenvalue weighted by atomic mass is 10.0. The number of aliphatic carboxylic acids is 1. The molecule has 0 bridgehead atoms. The number of carboxylic acid groups (broad SMARTS) is 1. The molecule has 0 aliphatic heterocycles. The van der Waals surface area contributed by atoms with Crippen molar-refractivity contribution in [2.75, 3.05) is 13.2 Å². The third kappa shape index (κ3) is 28.4. The second-order valence-corrected chi connectivity index (χ2v) is 8.12. The Kier molecular flexibility index (Phi) is 26.9. The first-order chi connectivity index (χ1) is 15.0. The van der Waals surface area contributed by atoms with Gasteiger partial charge in [-0.3, -0.25) is 0 Å². The lowest BCUT2D eigenvalue weighted by Crippen LogP contribution is -2.11. The van der Waals surface area contributed by atoms with Crippen LogP contribution in [-0.4, -0.2) is 30.2 Å². The van der Waals surface area contributed by atoms with Crippen LogP contribution in [0.4, 0.5) is 0 Å². The fourth-order valence-electron chi connectivity index (χ4n) is 3.19. The van der Waals surface area contributed by atoms with Crippen molar-refractivity contribution in [3.8, 4) is 0 Å².